The maximum Gasteiger partial charge on any atom is 0.407 e. The molecule has 1 atom stereocenters. The van der Waals surface area contributed by atoms with E-state index in [4.69, 9.17) is 14.5 Å². The Morgan fingerprint density at radius 1 is 1.05 bits per heavy atom. The van der Waals surface area contributed by atoms with Gasteiger partial charge in [-0.1, -0.05) is 24.3 Å². The highest BCUT2D eigenvalue weighted by atomic mass is 32.2. The Labute approximate surface area is 221 Å². The summed E-state index contributed by atoms with van der Waals surface area (Å²) in [6, 6.07) is 14.3. The smallest absolute Gasteiger partial charge is 0.407 e. The molecule has 196 valence electrons. The Morgan fingerprint density at radius 2 is 1.73 bits per heavy atom. The number of carbonyl (C=O) groups excluding carboxylic acids is 1. The van der Waals surface area contributed by atoms with Gasteiger partial charge in [-0.15, -0.1) is 0 Å². The van der Waals surface area contributed by atoms with E-state index in [-0.39, 0.29) is 12.1 Å². The molecule has 37 heavy (non-hydrogen) atoms. The number of ether oxygens (including phenoxy) is 2. The average Bonchev–Trinajstić information content (AvgIpc) is 2.80. The minimum absolute atomic E-state index is 0.187. The highest BCUT2D eigenvalue weighted by molar-refractivity contribution is 8.00. The van der Waals surface area contributed by atoms with Crippen molar-refractivity contribution in [3.8, 4) is 17.1 Å². The van der Waals surface area contributed by atoms with Crippen molar-refractivity contribution >= 4 is 30.0 Å². The van der Waals surface area contributed by atoms with Crippen LogP contribution in [0.15, 0.2) is 53.4 Å². The summed E-state index contributed by atoms with van der Waals surface area (Å²) in [5.41, 5.74) is 3.34. The second kappa shape index (κ2) is 12.0. The van der Waals surface area contributed by atoms with E-state index in [1.165, 1.54) is 18.0 Å². The number of amides is 1. The Morgan fingerprint density at radius 3 is 2.38 bits per heavy atom. The van der Waals surface area contributed by atoms with Gasteiger partial charge >= 0.3 is 12.1 Å². The minimum Gasteiger partial charge on any atom is -0.478 e. The molecule has 0 saturated carbocycles. The standard InChI is InChI=1S/C27H32N4O5S/c1-16-9-7-10-17(2)23(16)21-14-22(35-18(3)15-28-26(34)36-27(4,5)6)30-25(29-21)31-37-20-12-8-11-19(13-20)24(32)33/h7-14,18H,15H2,1-6H3,(H,28,34)(H,32,33)(H,29,30,31)/t18-/m1/s1. The normalized spacial score (nSPS) is 11.9. The number of aromatic carboxylic acids is 1. The van der Waals surface area contributed by atoms with Gasteiger partial charge in [0.05, 0.1) is 17.8 Å². The molecule has 1 heterocycles. The third-order valence-corrected chi connectivity index (χ3v) is 5.81. The molecule has 9 nitrogen and oxygen atoms in total. The van der Waals surface area contributed by atoms with Crippen LogP contribution >= 0.6 is 11.9 Å². The van der Waals surface area contributed by atoms with E-state index in [9.17, 15) is 14.7 Å². The third kappa shape index (κ3) is 8.38. The summed E-state index contributed by atoms with van der Waals surface area (Å²) in [6.07, 6.45) is -0.926. The lowest BCUT2D eigenvalue weighted by molar-refractivity contribution is 0.0503. The molecule has 0 fully saturated rings. The number of aromatic nitrogens is 2. The number of hydrogen-bond donors (Lipinski definition) is 3. The van der Waals surface area contributed by atoms with E-state index in [0.717, 1.165) is 16.7 Å². The molecule has 0 spiro atoms. The van der Waals surface area contributed by atoms with Gasteiger partial charge in [0.15, 0.2) is 0 Å². The highest BCUT2D eigenvalue weighted by Gasteiger charge is 2.18. The van der Waals surface area contributed by atoms with Gasteiger partial charge in [0, 0.05) is 16.5 Å². The number of alkyl carbamates (subject to hydrolysis) is 1. The number of anilines is 1. The number of nitrogens with zero attached hydrogens (tertiary/aromatic N) is 2. The highest BCUT2D eigenvalue weighted by Crippen LogP contribution is 2.30. The molecule has 1 amide bonds. The molecule has 0 radical (unpaired) electrons. The lowest BCUT2D eigenvalue weighted by Gasteiger charge is -2.21. The van der Waals surface area contributed by atoms with Gasteiger partial charge in [-0.05, 0) is 82.8 Å². The van der Waals surface area contributed by atoms with Crippen LogP contribution in [0, 0.1) is 13.8 Å². The van der Waals surface area contributed by atoms with Crippen LogP contribution in [0.4, 0.5) is 10.7 Å². The number of aryl methyl sites for hydroxylation is 2. The lowest BCUT2D eigenvalue weighted by atomic mass is 10.00. The Kier molecular flexibility index (Phi) is 8.99. The number of hydrogen-bond acceptors (Lipinski definition) is 8. The summed E-state index contributed by atoms with van der Waals surface area (Å²) in [6.45, 7) is 11.5. The zero-order valence-electron chi connectivity index (χ0n) is 21.8. The van der Waals surface area contributed by atoms with Crippen LogP contribution in [0.5, 0.6) is 5.88 Å². The van der Waals surface area contributed by atoms with Crippen molar-refractivity contribution < 1.29 is 24.2 Å². The van der Waals surface area contributed by atoms with Crippen LogP contribution in [0.2, 0.25) is 0 Å². The number of carboxylic acids is 1. The van der Waals surface area contributed by atoms with Crippen LogP contribution in [-0.4, -0.2) is 45.4 Å². The summed E-state index contributed by atoms with van der Waals surface area (Å²) in [4.78, 5) is 33.2. The maximum absolute atomic E-state index is 12.0. The van der Waals surface area contributed by atoms with E-state index in [1.54, 1.807) is 45.0 Å². The molecule has 1 aromatic heterocycles. The first-order valence-corrected chi connectivity index (χ1v) is 12.6. The molecule has 0 saturated heterocycles. The van der Waals surface area contributed by atoms with Crippen LogP contribution < -0.4 is 14.8 Å². The van der Waals surface area contributed by atoms with Gasteiger partial charge in [-0.3, -0.25) is 4.72 Å². The summed E-state index contributed by atoms with van der Waals surface area (Å²) in [7, 11) is 0. The number of rotatable bonds is 9. The maximum atomic E-state index is 12.0. The number of benzene rings is 2. The van der Waals surface area contributed by atoms with E-state index in [1.807, 2.05) is 39.0 Å². The van der Waals surface area contributed by atoms with Crippen molar-refractivity contribution in [2.24, 2.45) is 0 Å². The van der Waals surface area contributed by atoms with E-state index in [2.05, 4.69) is 15.0 Å². The zero-order chi connectivity index (χ0) is 27.2. The SMILES string of the molecule is Cc1cccc(C)c1-c1cc(O[C@H](C)CNC(=O)OC(C)(C)C)nc(NSc2cccc(C(=O)O)c2)n1. The molecular formula is C27H32N4O5S. The van der Waals surface area contributed by atoms with Crippen molar-refractivity contribution in [2.75, 3.05) is 11.3 Å². The van der Waals surface area contributed by atoms with Crippen molar-refractivity contribution in [3.05, 3.63) is 65.2 Å². The monoisotopic (exact) mass is 524 g/mol. The van der Waals surface area contributed by atoms with Crippen LogP contribution in [0.25, 0.3) is 11.3 Å². The molecule has 0 aliphatic rings. The quantitative estimate of drug-likeness (QED) is 0.295. The van der Waals surface area contributed by atoms with E-state index in [0.29, 0.717) is 22.4 Å². The summed E-state index contributed by atoms with van der Waals surface area (Å²) in [5, 5.41) is 12.0. The van der Waals surface area contributed by atoms with Gasteiger partial charge < -0.3 is 19.9 Å². The first-order chi connectivity index (χ1) is 17.4. The van der Waals surface area contributed by atoms with E-state index < -0.39 is 23.8 Å². The van der Waals surface area contributed by atoms with Gasteiger partial charge in [-0.25, -0.2) is 14.6 Å². The summed E-state index contributed by atoms with van der Waals surface area (Å²) in [5.74, 6) is -0.373. The van der Waals surface area contributed by atoms with Crippen LogP contribution in [0.3, 0.4) is 0 Å². The fourth-order valence-corrected chi connectivity index (χ4v) is 4.10. The molecular weight excluding hydrogens is 492 g/mol. The van der Waals surface area contributed by atoms with Crippen molar-refractivity contribution in [1.29, 1.82) is 0 Å². The second-order valence-corrected chi connectivity index (χ2v) is 10.4. The fourth-order valence-electron chi connectivity index (χ4n) is 3.46. The Hall–Kier alpha value is -3.79. The largest absolute Gasteiger partial charge is 0.478 e. The second-order valence-electron chi connectivity index (χ2n) is 9.53. The third-order valence-electron chi connectivity index (χ3n) is 5.04. The van der Waals surface area contributed by atoms with Crippen molar-refractivity contribution in [2.45, 2.75) is 58.1 Å². The first-order valence-electron chi connectivity index (χ1n) is 11.8. The molecule has 0 aliphatic heterocycles. The van der Waals surface area contributed by atoms with Gasteiger partial charge in [0.2, 0.25) is 11.8 Å². The average molecular weight is 525 g/mol. The Balaban J connectivity index is 1.83. The lowest BCUT2D eigenvalue weighted by Crippen LogP contribution is -2.37. The van der Waals surface area contributed by atoms with E-state index >= 15 is 0 Å². The molecule has 0 bridgehead atoms. The minimum atomic E-state index is -1.000. The van der Waals surface area contributed by atoms with Gasteiger partial charge in [0.1, 0.15) is 11.7 Å². The number of nitrogens with one attached hydrogen (secondary N) is 2. The number of carbonyl (C=O) groups is 2. The summed E-state index contributed by atoms with van der Waals surface area (Å²) < 4.78 is 14.4. The zero-order valence-corrected chi connectivity index (χ0v) is 22.6. The molecule has 3 N–H and O–H groups in total. The van der Waals surface area contributed by atoms with Crippen LogP contribution in [0.1, 0.15) is 49.2 Å². The Bertz CT molecular complexity index is 1260. The molecule has 3 rings (SSSR count). The van der Waals surface area contributed by atoms with Gasteiger partial charge in [0.25, 0.3) is 0 Å². The predicted molar refractivity (Wildman–Crippen MR) is 144 cm³/mol. The van der Waals surface area contributed by atoms with Crippen LogP contribution in [-0.2, 0) is 4.74 Å². The fraction of sp³-hybridized carbons (Fsp3) is 0.333. The van der Waals surface area contributed by atoms with Gasteiger partial charge in [-0.2, -0.15) is 4.98 Å². The van der Waals surface area contributed by atoms with Crippen molar-refractivity contribution in [1.82, 2.24) is 15.3 Å². The molecule has 3 aromatic rings. The van der Waals surface area contributed by atoms with Crippen molar-refractivity contribution in [3.63, 3.8) is 0 Å². The predicted octanol–water partition coefficient (Wildman–Crippen LogP) is 5.87. The first kappa shape index (κ1) is 27.8. The topological polar surface area (TPSA) is 123 Å². The number of carboxylic acid groups (broad SMARTS) is 1. The molecule has 10 heteroatoms. The molecule has 0 unspecified atom stereocenters. The molecule has 2 aromatic carbocycles. The summed E-state index contributed by atoms with van der Waals surface area (Å²) >= 11 is 1.20. The molecule has 0 aliphatic carbocycles.